The maximum absolute atomic E-state index is 6.22. The molecule has 1 aromatic carbocycles. The van der Waals surface area contributed by atoms with Crippen LogP contribution in [0.3, 0.4) is 0 Å². The summed E-state index contributed by atoms with van der Waals surface area (Å²) in [5.41, 5.74) is 5.38. The van der Waals surface area contributed by atoms with Gasteiger partial charge in [-0.2, -0.15) is 0 Å². The van der Waals surface area contributed by atoms with Crippen molar-refractivity contribution in [2.24, 2.45) is 0 Å². The Bertz CT molecular complexity index is 831. The van der Waals surface area contributed by atoms with E-state index in [1.54, 1.807) is 19.5 Å². The number of aromatic nitrogens is 2. The van der Waals surface area contributed by atoms with Crippen LogP contribution in [-0.4, -0.2) is 17.1 Å². The summed E-state index contributed by atoms with van der Waals surface area (Å²) in [6, 6.07) is 12.6. The molecule has 0 saturated heterocycles. The lowest BCUT2D eigenvalue weighted by molar-refractivity contribution is 0.416. The minimum Gasteiger partial charge on any atom is -0.494 e. The zero-order chi connectivity index (χ0) is 16.9. The molecule has 24 heavy (non-hydrogen) atoms. The Balaban J connectivity index is 2.00. The molecule has 0 aliphatic carbocycles. The number of hydrogen-bond donors (Lipinski definition) is 0. The third kappa shape index (κ3) is 3.41. The van der Waals surface area contributed by atoms with Gasteiger partial charge in [0.05, 0.1) is 12.8 Å². The second kappa shape index (κ2) is 7.45. The number of hydrogen-bond acceptors (Lipinski definition) is 3. The van der Waals surface area contributed by atoms with Crippen LogP contribution in [0.25, 0.3) is 11.1 Å². The molecule has 4 heteroatoms. The molecule has 0 bridgehead atoms. The van der Waals surface area contributed by atoms with Crippen molar-refractivity contribution < 1.29 is 4.74 Å². The van der Waals surface area contributed by atoms with Crippen molar-refractivity contribution in [3.63, 3.8) is 0 Å². The number of benzene rings is 1. The Kier molecular flexibility index (Phi) is 5.11. The van der Waals surface area contributed by atoms with Gasteiger partial charge in [0.1, 0.15) is 10.8 Å². The maximum Gasteiger partial charge on any atom is 0.148 e. The Morgan fingerprint density at radius 1 is 1.00 bits per heavy atom. The van der Waals surface area contributed by atoms with E-state index < -0.39 is 0 Å². The third-order valence-corrected chi connectivity index (χ3v) is 4.31. The molecule has 0 fully saturated rings. The summed E-state index contributed by atoms with van der Waals surface area (Å²) < 4.78 is 5.47. The predicted molar refractivity (Wildman–Crippen MR) is 97.7 cm³/mol. The molecule has 2 aromatic heterocycles. The highest BCUT2D eigenvalue weighted by molar-refractivity contribution is 6.32. The second-order valence-corrected chi connectivity index (χ2v) is 5.95. The fraction of sp³-hybridized carbons (Fsp3) is 0.200. The number of pyridine rings is 2. The lowest BCUT2D eigenvalue weighted by atomic mass is 9.99. The molecular formula is C20H19ClN2O. The van der Waals surface area contributed by atoms with Gasteiger partial charge < -0.3 is 4.74 Å². The number of methoxy groups -OCH3 is 1. The molecule has 0 aliphatic heterocycles. The quantitative estimate of drug-likeness (QED) is 0.659. The third-order valence-electron chi connectivity index (χ3n) is 4.04. The topological polar surface area (TPSA) is 35.0 Å². The molecule has 0 aliphatic rings. The van der Waals surface area contributed by atoms with Crippen molar-refractivity contribution in [1.29, 1.82) is 0 Å². The molecule has 122 valence electrons. The zero-order valence-corrected chi connectivity index (χ0v) is 14.5. The van der Waals surface area contributed by atoms with E-state index in [0.29, 0.717) is 10.8 Å². The number of rotatable bonds is 5. The Morgan fingerprint density at radius 2 is 1.75 bits per heavy atom. The highest BCUT2D eigenvalue weighted by Gasteiger charge is 2.14. The SMILES string of the molecule is CCc1ccc(Cc2ncccc2-c2cncc(Cl)c2OC)cc1. The summed E-state index contributed by atoms with van der Waals surface area (Å²) in [5, 5.41) is 0.497. The normalized spacial score (nSPS) is 10.6. The van der Waals surface area contributed by atoms with E-state index >= 15 is 0 Å². The van der Waals surface area contributed by atoms with E-state index in [1.807, 2.05) is 18.3 Å². The largest absolute Gasteiger partial charge is 0.494 e. The minimum atomic E-state index is 0.497. The van der Waals surface area contributed by atoms with Crippen molar-refractivity contribution >= 4 is 11.6 Å². The van der Waals surface area contributed by atoms with Crippen LogP contribution in [0.1, 0.15) is 23.7 Å². The summed E-state index contributed by atoms with van der Waals surface area (Å²) in [6.07, 6.45) is 6.95. The predicted octanol–water partition coefficient (Wildman–Crippen LogP) is 4.96. The van der Waals surface area contributed by atoms with Crippen molar-refractivity contribution in [1.82, 2.24) is 9.97 Å². The Hall–Kier alpha value is -2.39. The Morgan fingerprint density at radius 3 is 2.46 bits per heavy atom. The van der Waals surface area contributed by atoms with E-state index in [2.05, 4.69) is 41.2 Å². The molecule has 3 aromatic rings. The average Bonchev–Trinajstić information content (AvgIpc) is 2.62. The highest BCUT2D eigenvalue weighted by atomic mass is 35.5. The van der Waals surface area contributed by atoms with Gasteiger partial charge >= 0.3 is 0 Å². The van der Waals surface area contributed by atoms with Gasteiger partial charge in [-0.25, -0.2) is 0 Å². The fourth-order valence-corrected chi connectivity index (χ4v) is 2.97. The van der Waals surface area contributed by atoms with E-state index in [-0.39, 0.29) is 0 Å². The van der Waals surface area contributed by atoms with Crippen LogP contribution in [0.2, 0.25) is 5.02 Å². The number of nitrogens with zero attached hydrogens (tertiary/aromatic N) is 2. The van der Waals surface area contributed by atoms with Crippen LogP contribution < -0.4 is 4.74 Å². The second-order valence-electron chi connectivity index (χ2n) is 5.55. The van der Waals surface area contributed by atoms with Crippen molar-refractivity contribution in [3.05, 3.63) is 76.8 Å². The van der Waals surface area contributed by atoms with Gasteiger partial charge in [-0.1, -0.05) is 48.9 Å². The van der Waals surface area contributed by atoms with Crippen LogP contribution in [0.15, 0.2) is 55.0 Å². The van der Waals surface area contributed by atoms with Crippen LogP contribution in [0.5, 0.6) is 5.75 Å². The average molecular weight is 339 g/mol. The van der Waals surface area contributed by atoms with Gasteiger partial charge in [0.2, 0.25) is 0 Å². The monoisotopic (exact) mass is 338 g/mol. The number of ether oxygens (including phenoxy) is 1. The first-order chi connectivity index (χ1) is 11.7. The highest BCUT2D eigenvalue weighted by Crippen LogP contribution is 2.36. The summed E-state index contributed by atoms with van der Waals surface area (Å²) >= 11 is 6.22. The molecule has 0 saturated carbocycles. The lowest BCUT2D eigenvalue weighted by Crippen LogP contribution is -1.98. The molecule has 3 nitrogen and oxygen atoms in total. The first-order valence-corrected chi connectivity index (χ1v) is 8.30. The van der Waals surface area contributed by atoms with Gasteiger partial charge in [-0.15, -0.1) is 0 Å². The van der Waals surface area contributed by atoms with Gasteiger partial charge in [-0.3, -0.25) is 9.97 Å². The molecule has 0 radical (unpaired) electrons. The molecule has 0 N–H and O–H groups in total. The molecule has 0 unspecified atom stereocenters. The van der Waals surface area contributed by atoms with E-state index in [0.717, 1.165) is 29.7 Å². The van der Waals surface area contributed by atoms with Crippen LogP contribution >= 0.6 is 11.6 Å². The molecular weight excluding hydrogens is 320 g/mol. The van der Waals surface area contributed by atoms with E-state index in [4.69, 9.17) is 16.3 Å². The van der Waals surface area contributed by atoms with Crippen LogP contribution in [-0.2, 0) is 12.8 Å². The van der Waals surface area contributed by atoms with Gasteiger partial charge in [-0.05, 0) is 23.6 Å². The molecule has 2 heterocycles. The molecule has 0 spiro atoms. The first-order valence-electron chi connectivity index (χ1n) is 7.92. The summed E-state index contributed by atoms with van der Waals surface area (Å²) in [4.78, 5) is 8.77. The fourth-order valence-electron chi connectivity index (χ4n) is 2.73. The van der Waals surface area contributed by atoms with Gasteiger partial charge in [0, 0.05) is 36.1 Å². The lowest BCUT2D eigenvalue weighted by Gasteiger charge is -2.13. The smallest absolute Gasteiger partial charge is 0.148 e. The van der Waals surface area contributed by atoms with Crippen molar-refractivity contribution in [2.45, 2.75) is 19.8 Å². The van der Waals surface area contributed by atoms with Crippen molar-refractivity contribution in [3.8, 4) is 16.9 Å². The number of aryl methyl sites for hydroxylation is 1. The summed E-state index contributed by atoms with van der Waals surface area (Å²) in [5.74, 6) is 0.627. The van der Waals surface area contributed by atoms with Gasteiger partial charge in [0.15, 0.2) is 0 Å². The van der Waals surface area contributed by atoms with Crippen LogP contribution in [0, 0.1) is 0 Å². The van der Waals surface area contributed by atoms with E-state index in [9.17, 15) is 0 Å². The van der Waals surface area contributed by atoms with Gasteiger partial charge in [0.25, 0.3) is 0 Å². The molecule has 0 amide bonds. The minimum absolute atomic E-state index is 0.497. The van der Waals surface area contributed by atoms with E-state index in [1.165, 1.54) is 11.1 Å². The first kappa shape index (κ1) is 16.5. The zero-order valence-electron chi connectivity index (χ0n) is 13.8. The molecule has 0 atom stereocenters. The van der Waals surface area contributed by atoms with Crippen molar-refractivity contribution in [2.75, 3.05) is 7.11 Å². The van der Waals surface area contributed by atoms with Crippen LogP contribution in [0.4, 0.5) is 0 Å². The maximum atomic E-state index is 6.22. The number of halogens is 1. The Labute approximate surface area is 147 Å². The standard InChI is InChI=1S/C20H19ClN2O/c1-3-14-6-8-15(9-7-14)11-19-16(5-4-10-23-19)17-12-22-13-18(21)20(17)24-2/h4-10,12-13H,3,11H2,1-2H3. The summed E-state index contributed by atoms with van der Waals surface area (Å²) in [7, 11) is 1.62. The molecule has 3 rings (SSSR count). The summed E-state index contributed by atoms with van der Waals surface area (Å²) in [6.45, 7) is 2.16.